The van der Waals surface area contributed by atoms with Gasteiger partial charge in [-0.05, 0) is 25.8 Å². The molecule has 0 spiro atoms. The Labute approximate surface area is 163 Å². The quantitative estimate of drug-likeness (QED) is 0.645. The van der Waals surface area contributed by atoms with Gasteiger partial charge >= 0.3 is 0 Å². The van der Waals surface area contributed by atoms with Crippen molar-refractivity contribution in [2.75, 3.05) is 31.2 Å². The van der Waals surface area contributed by atoms with Gasteiger partial charge in [0.05, 0.1) is 16.8 Å². The molecule has 0 aliphatic carbocycles. The van der Waals surface area contributed by atoms with Crippen molar-refractivity contribution in [1.82, 2.24) is 4.98 Å². The number of carbonyl (C=O) groups is 1. The van der Waals surface area contributed by atoms with Crippen LogP contribution in [0.2, 0.25) is 0 Å². The zero-order valence-corrected chi connectivity index (χ0v) is 15.9. The van der Waals surface area contributed by atoms with E-state index in [4.69, 9.17) is 9.47 Å². The molecule has 5 rings (SSSR count). The summed E-state index contributed by atoms with van der Waals surface area (Å²) in [5.74, 6) is 1.45. The molecule has 0 radical (unpaired) electrons. The maximum Gasteiger partial charge on any atom is 0.196 e. The third-order valence-corrected chi connectivity index (χ3v) is 5.48. The number of carbonyl (C=O) groups excluding carboxylic acids is 1. The fraction of sp³-hybridized carbons (Fsp3) is 0.304. The Morgan fingerprint density at radius 3 is 2.39 bits per heavy atom. The minimum absolute atomic E-state index is 0.00573. The fourth-order valence-electron chi connectivity index (χ4n) is 4.02. The molecule has 0 unspecified atom stereocenters. The van der Waals surface area contributed by atoms with Gasteiger partial charge in [-0.2, -0.15) is 0 Å². The van der Waals surface area contributed by atoms with Crippen molar-refractivity contribution >= 4 is 22.4 Å². The first-order valence-electron chi connectivity index (χ1n) is 9.79. The Morgan fingerprint density at radius 1 is 1.00 bits per heavy atom. The van der Waals surface area contributed by atoms with Crippen LogP contribution in [0.1, 0.15) is 34.3 Å². The highest BCUT2D eigenvalue weighted by Crippen LogP contribution is 2.40. The van der Waals surface area contributed by atoms with Crippen molar-refractivity contribution in [3.63, 3.8) is 0 Å². The number of pyridine rings is 1. The lowest BCUT2D eigenvalue weighted by Gasteiger charge is -2.25. The summed E-state index contributed by atoms with van der Waals surface area (Å²) in [7, 11) is 0. The molecule has 3 aromatic rings. The number of aryl methyl sites for hydroxylation is 1. The lowest BCUT2D eigenvalue weighted by molar-refractivity contribution is 0.103. The molecule has 2 aromatic carbocycles. The van der Waals surface area contributed by atoms with Crippen molar-refractivity contribution in [2.45, 2.75) is 19.8 Å². The molecule has 0 saturated carbocycles. The third-order valence-electron chi connectivity index (χ3n) is 5.48. The minimum Gasteiger partial charge on any atom is -0.486 e. The topological polar surface area (TPSA) is 51.7 Å². The van der Waals surface area contributed by atoms with Crippen molar-refractivity contribution in [1.29, 1.82) is 0 Å². The summed E-state index contributed by atoms with van der Waals surface area (Å²) in [5.41, 5.74) is 4.26. The highest BCUT2D eigenvalue weighted by atomic mass is 16.6. The summed E-state index contributed by atoms with van der Waals surface area (Å²) in [5, 5.41) is 0.948. The minimum atomic E-state index is 0.00573. The smallest absolute Gasteiger partial charge is 0.196 e. The van der Waals surface area contributed by atoms with Crippen LogP contribution in [0, 0.1) is 6.92 Å². The average molecular weight is 374 g/mol. The van der Waals surface area contributed by atoms with E-state index in [0.717, 1.165) is 59.6 Å². The highest BCUT2D eigenvalue weighted by Gasteiger charge is 2.25. The van der Waals surface area contributed by atoms with Gasteiger partial charge in [-0.3, -0.25) is 9.78 Å². The number of fused-ring (bicyclic) bond motifs is 2. The second-order valence-corrected chi connectivity index (χ2v) is 7.42. The van der Waals surface area contributed by atoms with Crippen LogP contribution >= 0.6 is 0 Å². The number of aromatic nitrogens is 1. The van der Waals surface area contributed by atoms with E-state index < -0.39 is 0 Å². The molecule has 2 aliphatic rings. The standard InChI is InChI=1S/C23H22N2O3/c1-15-4-6-16(7-5-15)23(26)18-14-24-19-13-21-20(27-10-11-28-21)12-17(19)22(18)25-8-2-3-9-25/h4-7,12-14H,2-3,8-11H2,1H3. The van der Waals surface area contributed by atoms with Crippen LogP contribution in [0.15, 0.2) is 42.6 Å². The van der Waals surface area contributed by atoms with Crippen LogP contribution in [0.5, 0.6) is 11.5 Å². The molecule has 0 N–H and O–H groups in total. The molecule has 1 fully saturated rings. The number of ketones is 1. The summed E-state index contributed by atoms with van der Waals surface area (Å²) in [6.45, 7) is 4.99. The van der Waals surface area contributed by atoms with Gasteiger partial charge < -0.3 is 14.4 Å². The molecule has 0 amide bonds. The molecule has 1 saturated heterocycles. The predicted molar refractivity (Wildman–Crippen MR) is 109 cm³/mol. The molecule has 5 heteroatoms. The Morgan fingerprint density at radius 2 is 1.68 bits per heavy atom. The number of nitrogens with zero attached hydrogens (tertiary/aromatic N) is 2. The molecule has 142 valence electrons. The molecule has 0 atom stereocenters. The first kappa shape index (κ1) is 17.0. The normalized spacial score (nSPS) is 15.8. The number of ether oxygens (including phenoxy) is 2. The van der Waals surface area contributed by atoms with Crippen molar-refractivity contribution in [3.05, 3.63) is 59.3 Å². The second-order valence-electron chi connectivity index (χ2n) is 7.42. The zero-order chi connectivity index (χ0) is 19.1. The van der Waals surface area contributed by atoms with Gasteiger partial charge in [0.15, 0.2) is 17.3 Å². The van der Waals surface area contributed by atoms with Crippen molar-refractivity contribution in [3.8, 4) is 11.5 Å². The molecule has 0 bridgehead atoms. The highest BCUT2D eigenvalue weighted by molar-refractivity contribution is 6.16. The van der Waals surface area contributed by atoms with Crippen LogP contribution in [0.3, 0.4) is 0 Å². The lowest BCUT2D eigenvalue weighted by Crippen LogP contribution is -2.22. The van der Waals surface area contributed by atoms with Gasteiger partial charge in [-0.25, -0.2) is 0 Å². The van der Waals surface area contributed by atoms with Gasteiger partial charge in [0, 0.05) is 36.3 Å². The number of benzene rings is 2. The van der Waals surface area contributed by atoms with E-state index in [2.05, 4.69) is 9.88 Å². The Balaban J connectivity index is 1.70. The summed E-state index contributed by atoms with van der Waals surface area (Å²) in [6, 6.07) is 11.6. The number of hydrogen-bond acceptors (Lipinski definition) is 5. The summed E-state index contributed by atoms with van der Waals surface area (Å²) < 4.78 is 11.5. The van der Waals surface area contributed by atoms with Gasteiger partial charge in [-0.1, -0.05) is 29.8 Å². The molecule has 28 heavy (non-hydrogen) atoms. The number of rotatable bonds is 3. The lowest BCUT2D eigenvalue weighted by atomic mass is 9.99. The zero-order valence-electron chi connectivity index (χ0n) is 15.9. The van der Waals surface area contributed by atoms with Crippen LogP contribution in [0.25, 0.3) is 10.9 Å². The molecule has 2 aliphatic heterocycles. The second kappa shape index (κ2) is 6.82. The first-order chi connectivity index (χ1) is 13.7. The van der Waals surface area contributed by atoms with E-state index in [-0.39, 0.29) is 5.78 Å². The average Bonchev–Trinajstić information content (AvgIpc) is 3.26. The van der Waals surface area contributed by atoms with E-state index in [0.29, 0.717) is 24.3 Å². The van der Waals surface area contributed by atoms with E-state index >= 15 is 0 Å². The van der Waals surface area contributed by atoms with Crippen molar-refractivity contribution in [2.24, 2.45) is 0 Å². The Kier molecular flexibility index (Phi) is 4.15. The number of anilines is 1. The van der Waals surface area contributed by atoms with Crippen LogP contribution in [-0.4, -0.2) is 37.1 Å². The summed E-state index contributed by atoms with van der Waals surface area (Å²) in [4.78, 5) is 20.3. The van der Waals surface area contributed by atoms with Gasteiger partial charge in [0.1, 0.15) is 13.2 Å². The van der Waals surface area contributed by atoms with Gasteiger partial charge in [-0.15, -0.1) is 0 Å². The fourth-order valence-corrected chi connectivity index (χ4v) is 4.02. The Hall–Kier alpha value is -3.08. The predicted octanol–water partition coefficient (Wildman–Crippen LogP) is 4.15. The SMILES string of the molecule is Cc1ccc(C(=O)c2cnc3cc4c(cc3c2N2CCCC2)OCCO4)cc1. The van der Waals surface area contributed by atoms with E-state index in [1.165, 1.54) is 0 Å². The van der Waals surface area contributed by atoms with E-state index in [9.17, 15) is 4.79 Å². The Bertz CT molecular complexity index is 1050. The summed E-state index contributed by atoms with van der Waals surface area (Å²) in [6.07, 6.45) is 3.98. The third kappa shape index (κ3) is 2.87. The largest absolute Gasteiger partial charge is 0.486 e. The molecular weight excluding hydrogens is 352 g/mol. The number of hydrogen-bond donors (Lipinski definition) is 0. The van der Waals surface area contributed by atoms with Crippen LogP contribution in [0.4, 0.5) is 5.69 Å². The molecule has 5 nitrogen and oxygen atoms in total. The maximum absolute atomic E-state index is 13.3. The van der Waals surface area contributed by atoms with Gasteiger partial charge in [0.25, 0.3) is 0 Å². The van der Waals surface area contributed by atoms with E-state index in [1.807, 2.05) is 43.3 Å². The maximum atomic E-state index is 13.3. The first-order valence-corrected chi connectivity index (χ1v) is 9.79. The van der Waals surface area contributed by atoms with E-state index in [1.54, 1.807) is 6.20 Å². The monoisotopic (exact) mass is 374 g/mol. The van der Waals surface area contributed by atoms with Gasteiger partial charge in [0.2, 0.25) is 0 Å². The molecule has 3 heterocycles. The molecular formula is C23H22N2O3. The van der Waals surface area contributed by atoms with Crippen LogP contribution in [-0.2, 0) is 0 Å². The summed E-state index contributed by atoms with van der Waals surface area (Å²) >= 11 is 0. The van der Waals surface area contributed by atoms with Crippen molar-refractivity contribution < 1.29 is 14.3 Å². The molecule has 1 aromatic heterocycles. The van der Waals surface area contributed by atoms with Crippen LogP contribution < -0.4 is 14.4 Å².